The van der Waals surface area contributed by atoms with Gasteiger partial charge < -0.3 is 15.2 Å². The van der Waals surface area contributed by atoms with Crippen LogP contribution >= 0.6 is 0 Å². The summed E-state index contributed by atoms with van der Waals surface area (Å²) in [5.41, 5.74) is 1.20. The minimum Gasteiger partial charge on any atom is -0.488 e. The number of para-hydroxylation sites is 1. The summed E-state index contributed by atoms with van der Waals surface area (Å²) in [6.07, 6.45) is 0. The Kier molecular flexibility index (Phi) is 5.29. The maximum absolute atomic E-state index is 12.8. The summed E-state index contributed by atoms with van der Waals surface area (Å²) < 4.78 is 18.4. The molecule has 110 valence electrons. The molecule has 2 aromatic rings. The molecule has 0 aliphatic carbocycles. The molecule has 0 aliphatic rings. The Labute approximate surface area is 122 Å². The lowest BCUT2D eigenvalue weighted by molar-refractivity contribution is 0.0940. The molecule has 0 spiro atoms. The molecule has 2 aromatic carbocycles. The van der Waals surface area contributed by atoms with Gasteiger partial charge in [-0.2, -0.15) is 0 Å². The molecule has 21 heavy (non-hydrogen) atoms. The first-order chi connectivity index (χ1) is 10.2. The molecular weight excluding hydrogens is 273 g/mol. The molecule has 1 amide bonds. The number of aliphatic hydroxyl groups excluding tert-OH is 1. The number of rotatable bonds is 6. The molecule has 4 nitrogen and oxygen atoms in total. The fourth-order valence-corrected chi connectivity index (χ4v) is 1.79. The number of carbonyl (C=O) groups is 1. The predicted octanol–water partition coefficient (Wildman–Crippen LogP) is 2.13. The van der Waals surface area contributed by atoms with E-state index in [9.17, 15) is 9.18 Å². The van der Waals surface area contributed by atoms with Crippen LogP contribution in [0.5, 0.6) is 5.75 Å². The highest BCUT2D eigenvalue weighted by molar-refractivity contribution is 5.96. The van der Waals surface area contributed by atoms with Crippen LogP contribution in [0.3, 0.4) is 0 Å². The predicted molar refractivity (Wildman–Crippen MR) is 76.6 cm³/mol. The summed E-state index contributed by atoms with van der Waals surface area (Å²) in [5.74, 6) is -0.168. The van der Waals surface area contributed by atoms with Crippen LogP contribution in [0.25, 0.3) is 0 Å². The number of nitrogens with one attached hydrogen (secondary N) is 1. The Bertz CT molecular complexity index is 599. The molecule has 0 radical (unpaired) electrons. The van der Waals surface area contributed by atoms with Crippen molar-refractivity contribution in [3.63, 3.8) is 0 Å². The van der Waals surface area contributed by atoms with Crippen LogP contribution in [-0.4, -0.2) is 24.2 Å². The maximum atomic E-state index is 12.8. The Morgan fingerprint density at radius 1 is 1.14 bits per heavy atom. The smallest absolute Gasteiger partial charge is 0.255 e. The molecule has 0 heterocycles. The van der Waals surface area contributed by atoms with Crippen molar-refractivity contribution in [2.45, 2.75) is 6.61 Å². The third-order valence-electron chi connectivity index (χ3n) is 2.84. The second-order valence-electron chi connectivity index (χ2n) is 4.39. The highest BCUT2D eigenvalue weighted by Crippen LogP contribution is 2.19. The number of benzene rings is 2. The molecule has 0 unspecified atom stereocenters. The number of amides is 1. The van der Waals surface area contributed by atoms with E-state index in [4.69, 9.17) is 9.84 Å². The van der Waals surface area contributed by atoms with E-state index >= 15 is 0 Å². The molecule has 2 N–H and O–H groups in total. The van der Waals surface area contributed by atoms with Gasteiger partial charge in [0.1, 0.15) is 18.2 Å². The van der Waals surface area contributed by atoms with Gasteiger partial charge in [-0.25, -0.2) is 4.39 Å². The lowest BCUT2D eigenvalue weighted by Crippen LogP contribution is -2.26. The summed E-state index contributed by atoms with van der Waals surface area (Å²) >= 11 is 0. The van der Waals surface area contributed by atoms with Gasteiger partial charge in [-0.1, -0.05) is 24.3 Å². The number of carbonyl (C=O) groups excluding carboxylic acids is 1. The molecule has 0 atom stereocenters. The number of halogens is 1. The highest BCUT2D eigenvalue weighted by atomic mass is 19.1. The van der Waals surface area contributed by atoms with Gasteiger partial charge in [-0.3, -0.25) is 4.79 Å². The molecule has 0 aromatic heterocycles. The number of hydrogen-bond donors (Lipinski definition) is 2. The van der Waals surface area contributed by atoms with Crippen molar-refractivity contribution in [2.24, 2.45) is 0 Å². The van der Waals surface area contributed by atoms with E-state index in [1.807, 2.05) is 0 Å². The van der Waals surface area contributed by atoms with Crippen LogP contribution < -0.4 is 10.1 Å². The Morgan fingerprint density at radius 2 is 1.86 bits per heavy atom. The fraction of sp³-hybridized carbons (Fsp3) is 0.188. The minimum absolute atomic E-state index is 0.121. The zero-order valence-electron chi connectivity index (χ0n) is 11.4. The van der Waals surface area contributed by atoms with E-state index in [1.54, 1.807) is 36.4 Å². The van der Waals surface area contributed by atoms with Crippen LogP contribution in [0.1, 0.15) is 15.9 Å². The van der Waals surface area contributed by atoms with Gasteiger partial charge in [0.15, 0.2) is 0 Å². The zero-order chi connectivity index (χ0) is 15.1. The van der Waals surface area contributed by atoms with Crippen molar-refractivity contribution < 1.29 is 19.0 Å². The average molecular weight is 289 g/mol. The first-order valence-corrected chi connectivity index (χ1v) is 6.56. The van der Waals surface area contributed by atoms with Crippen LogP contribution in [-0.2, 0) is 6.61 Å². The van der Waals surface area contributed by atoms with E-state index in [2.05, 4.69) is 5.32 Å². The van der Waals surface area contributed by atoms with Crippen LogP contribution in [0, 0.1) is 5.82 Å². The summed E-state index contributed by atoms with van der Waals surface area (Å²) in [6.45, 7) is 0.306. The van der Waals surface area contributed by atoms with E-state index < -0.39 is 0 Å². The third kappa shape index (κ3) is 4.29. The van der Waals surface area contributed by atoms with Crippen molar-refractivity contribution in [1.29, 1.82) is 0 Å². The van der Waals surface area contributed by atoms with Crippen LogP contribution in [0.15, 0.2) is 48.5 Å². The second kappa shape index (κ2) is 7.40. The third-order valence-corrected chi connectivity index (χ3v) is 2.84. The van der Waals surface area contributed by atoms with Crippen LogP contribution in [0.2, 0.25) is 0 Å². The molecule has 0 saturated heterocycles. The van der Waals surface area contributed by atoms with Gasteiger partial charge in [0.2, 0.25) is 0 Å². The zero-order valence-corrected chi connectivity index (χ0v) is 11.4. The van der Waals surface area contributed by atoms with Crippen molar-refractivity contribution in [2.75, 3.05) is 13.2 Å². The lowest BCUT2D eigenvalue weighted by Gasteiger charge is -2.11. The normalized spacial score (nSPS) is 10.2. The van der Waals surface area contributed by atoms with Crippen LogP contribution in [0.4, 0.5) is 4.39 Å². The molecule has 0 bridgehead atoms. The summed E-state index contributed by atoms with van der Waals surface area (Å²) in [6, 6.07) is 12.8. The van der Waals surface area contributed by atoms with Gasteiger partial charge in [0.25, 0.3) is 5.91 Å². The first-order valence-electron chi connectivity index (χ1n) is 6.56. The van der Waals surface area contributed by atoms with Crippen molar-refractivity contribution in [3.8, 4) is 5.75 Å². The second-order valence-corrected chi connectivity index (χ2v) is 4.39. The van der Waals surface area contributed by atoms with Crippen molar-refractivity contribution in [3.05, 3.63) is 65.5 Å². The average Bonchev–Trinajstić information content (AvgIpc) is 2.52. The van der Waals surface area contributed by atoms with Crippen molar-refractivity contribution >= 4 is 5.91 Å². The van der Waals surface area contributed by atoms with E-state index in [1.165, 1.54) is 12.1 Å². The van der Waals surface area contributed by atoms with Gasteiger partial charge in [-0.05, 0) is 29.8 Å². The highest BCUT2D eigenvalue weighted by Gasteiger charge is 2.11. The van der Waals surface area contributed by atoms with Crippen molar-refractivity contribution in [1.82, 2.24) is 5.32 Å². The monoisotopic (exact) mass is 289 g/mol. The molecule has 0 fully saturated rings. The molecule has 0 aliphatic heterocycles. The minimum atomic E-state index is -0.307. The number of ether oxygens (including phenoxy) is 1. The van der Waals surface area contributed by atoms with E-state index in [0.717, 1.165) is 5.56 Å². The Morgan fingerprint density at radius 3 is 2.57 bits per heavy atom. The van der Waals surface area contributed by atoms with E-state index in [-0.39, 0.29) is 31.5 Å². The SMILES string of the molecule is O=C(NCCO)c1ccccc1OCc1ccc(F)cc1. The molecule has 2 rings (SSSR count). The topological polar surface area (TPSA) is 58.6 Å². The van der Waals surface area contributed by atoms with E-state index in [0.29, 0.717) is 11.3 Å². The van der Waals surface area contributed by atoms with Gasteiger partial charge in [0.05, 0.1) is 12.2 Å². The lowest BCUT2D eigenvalue weighted by atomic mass is 10.2. The molecule has 5 heteroatoms. The molecular formula is C16H16FNO3. The van der Waals surface area contributed by atoms with Gasteiger partial charge in [0, 0.05) is 6.54 Å². The summed E-state index contributed by atoms with van der Waals surface area (Å²) in [4.78, 5) is 11.9. The maximum Gasteiger partial charge on any atom is 0.255 e. The van der Waals surface area contributed by atoms with Gasteiger partial charge >= 0.3 is 0 Å². The Balaban J connectivity index is 2.06. The Hall–Kier alpha value is -2.40. The standard InChI is InChI=1S/C16H16FNO3/c17-13-7-5-12(6-8-13)11-21-15-4-2-1-3-14(15)16(20)18-9-10-19/h1-8,19H,9-11H2,(H,18,20). The van der Waals surface area contributed by atoms with Gasteiger partial charge in [-0.15, -0.1) is 0 Å². The summed E-state index contributed by atoms with van der Waals surface area (Å²) in [5, 5.41) is 11.3. The number of hydrogen-bond acceptors (Lipinski definition) is 3. The molecule has 0 saturated carbocycles. The largest absolute Gasteiger partial charge is 0.488 e. The summed E-state index contributed by atoms with van der Waals surface area (Å²) in [7, 11) is 0. The fourth-order valence-electron chi connectivity index (χ4n) is 1.79. The number of aliphatic hydroxyl groups is 1. The first kappa shape index (κ1) is 15.0. The quantitative estimate of drug-likeness (QED) is 0.856.